The lowest BCUT2D eigenvalue weighted by molar-refractivity contribution is -0.151. The number of hydrogen-bond donors (Lipinski definition) is 3. The standard InChI is InChI=1S/C25H37ClF3N5O5/c1-24(2,3)16(30-21(37)18(28)29)22(38)33-10-12-7-6-8-14(12)15(33)20(36)32-34(23(39)17(26)27)11-13-9-25(4,5)31-19(13)35/h12-18H,6-11H2,1-5H3,(H,30,37)(H,31,35)(H,32,36)/t12-,13+,14-,15-,16+,17+/m0/s1. The van der Waals surface area contributed by atoms with Gasteiger partial charge in [0.15, 0.2) is 0 Å². The van der Waals surface area contributed by atoms with Gasteiger partial charge in [-0.05, 0) is 50.4 Å². The Kier molecular flexibility index (Phi) is 9.13. The number of hydrogen-bond acceptors (Lipinski definition) is 5. The van der Waals surface area contributed by atoms with E-state index in [1.807, 2.05) is 0 Å². The first kappa shape index (κ1) is 31.0. The van der Waals surface area contributed by atoms with Gasteiger partial charge in [0.2, 0.25) is 11.8 Å². The average Bonchev–Trinajstić information content (AvgIpc) is 3.46. The topological polar surface area (TPSA) is 128 Å². The fraction of sp³-hybridized carbons (Fsp3) is 0.800. The van der Waals surface area contributed by atoms with Gasteiger partial charge >= 0.3 is 6.43 Å². The molecule has 6 atom stereocenters. The molecule has 0 aromatic heterocycles. The van der Waals surface area contributed by atoms with Gasteiger partial charge in [0.25, 0.3) is 23.4 Å². The summed E-state index contributed by atoms with van der Waals surface area (Å²) in [5.74, 6) is -5.81. The van der Waals surface area contributed by atoms with Gasteiger partial charge in [-0.2, -0.15) is 8.78 Å². The van der Waals surface area contributed by atoms with Crippen LogP contribution in [0.4, 0.5) is 13.2 Å². The van der Waals surface area contributed by atoms with Crippen LogP contribution in [-0.2, 0) is 24.0 Å². The molecule has 2 heterocycles. The van der Waals surface area contributed by atoms with Crippen LogP contribution in [0.25, 0.3) is 0 Å². The second kappa shape index (κ2) is 11.5. The summed E-state index contributed by atoms with van der Waals surface area (Å²) >= 11 is 5.40. The molecule has 3 fully saturated rings. The quantitative estimate of drug-likeness (QED) is 0.313. The number of halogens is 4. The Bertz CT molecular complexity index is 1010. The van der Waals surface area contributed by atoms with Crippen LogP contribution in [0.3, 0.4) is 0 Å². The van der Waals surface area contributed by atoms with Gasteiger partial charge in [0.1, 0.15) is 12.1 Å². The number of amides is 5. The Balaban J connectivity index is 1.87. The smallest absolute Gasteiger partial charge is 0.315 e. The van der Waals surface area contributed by atoms with E-state index in [1.54, 1.807) is 34.6 Å². The number of fused-ring (bicyclic) bond motifs is 1. The molecule has 0 unspecified atom stereocenters. The molecule has 3 aliphatic rings. The molecule has 14 heteroatoms. The Morgan fingerprint density at radius 2 is 1.82 bits per heavy atom. The lowest BCUT2D eigenvalue weighted by Crippen LogP contribution is -2.61. The maximum atomic E-state index is 13.9. The third kappa shape index (κ3) is 6.96. The van der Waals surface area contributed by atoms with Gasteiger partial charge in [0.05, 0.1) is 12.5 Å². The SMILES string of the molecule is CC1(C)C[C@H](CN(NC(=O)[C@@H]2[C@H]3CCC[C@H]3CN2C(=O)[C@@H](NC(=O)C(F)F)C(C)(C)C)C(=O)[C@@H](F)Cl)C(=O)N1. The first-order chi connectivity index (χ1) is 17.9. The minimum absolute atomic E-state index is 0.0522. The molecule has 3 N–H and O–H groups in total. The van der Waals surface area contributed by atoms with Crippen molar-refractivity contribution in [3.63, 3.8) is 0 Å². The third-order valence-electron chi connectivity index (χ3n) is 7.73. The number of nitrogens with zero attached hydrogens (tertiary/aromatic N) is 2. The van der Waals surface area contributed by atoms with Crippen molar-refractivity contribution in [2.75, 3.05) is 13.1 Å². The van der Waals surface area contributed by atoms with E-state index < -0.39 is 64.6 Å². The number of likely N-dealkylation sites (tertiary alicyclic amines) is 1. The number of carbonyl (C=O) groups excluding carboxylic acids is 5. The van der Waals surface area contributed by atoms with Crippen LogP contribution in [0.2, 0.25) is 0 Å². The molecule has 1 aliphatic carbocycles. The molecular formula is C25H37ClF3N5O5. The third-order valence-corrected chi connectivity index (χ3v) is 7.92. The molecule has 0 spiro atoms. The summed E-state index contributed by atoms with van der Waals surface area (Å²) in [5, 5.41) is 5.55. The van der Waals surface area contributed by atoms with Crippen molar-refractivity contribution >= 4 is 41.1 Å². The number of nitrogens with one attached hydrogen (secondary N) is 3. The monoisotopic (exact) mass is 579 g/mol. The summed E-state index contributed by atoms with van der Waals surface area (Å²) in [6, 6.07) is -2.45. The molecule has 39 heavy (non-hydrogen) atoms. The molecule has 0 radical (unpaired) electrons. The predicted octanol–water partition coefficient (Wildman–Crippen LogP) is 1.72. The second-order valence-electron chi connectivity index (χ2n) is 12.4. The normalized spacial score (nSPS) is 27.5. The molecular weight excluding hydrogens is 543 g/mol. The van der Waals surface area contributed by atoms with Crippen LogP contribution < -0.4 is 16.1 Å². The molecule has 2 aliphatic heterocycles. The van der Waals surface area contributed by atoms with E-state index in [0.717, 1.165) is 12.8 Å². The summed E-state index contributed by atoms with van der Waals surface area (Å²) in [7, 11) is 0. The largest absolute Gasteiger partial charge is 0.351 e. The van der Waals surface area contributed by atoms with Crippen molar-refractivity contribution in [3.05, 3.63) is 0 Å². The number of alkyl halides is 4. The van der Waals surface area contributed by atoms with Crippen molar-refractivity contribution < 1.29 is 37.1 Å². The van der Waals surface area contributed by atoms with E-state index in [-0.39, 0.29) is 30.8 Å². The first-order valence-electron chi connectivity index (χ1n) is 13.0. The summed E-state index contributed by atoms with van der Waals surface area (Å²) in [4.78, 5) is 65.4. The maximum absolute atomic E-state index is 13.9. The maximum Gasteiger partial charge on any atom is 0.315 e. The van der Waals surface area contributed by atoms with Crippen LogP contribution in [0, 0.1) is 23.2 Å². The van der Waals surface area contributed by atoms with Gasteiger partial charge < -0.3 is 15.5 Å². The van der Waals surface area contributed by atoms with Crippen molar-refractivity contribution in [3.8, 4) is 0 Å². The van der Waals surface area contributed by atoms with E-state index in [9.17, 15) is 37.1 Å². The summed E-state index contributed by atoms with van der Waals surface area (Å²) in [6.07, 6.45) is -0.873. The first-order valence-corrected chi connectivity index (χ1v) is 13.5. The molecule has 0 bridgehead atoms. The fourth-order valence-corrected chi connectivity index (χ4v) is 6.08. The van der Waals surface area contributed by atoms with Gasteiger partial charge in [0, 0.05) is 12.1 Å². The Morgan fingerprint density at radius 3 is 2.33 bits per heavy atom. The minimum Gasteiger partial charge on any atom is -0.351 e. The molecule has 2 saturated heterocycles. The van der Waals surface area contributed by atoms with E-state index in [0.29, 0.717) is 17.9 Å². The average molecular weight is 580 g/mol. The summed E-state index contributed by atoms with van der Waals surface area (Å²) in [6.45, 7) is 8.20. The zero-order valence-electron chi connectivity index (χ0n) is 22.7. The van der Waals surface area contributed by atoms with E-state index in [2.05, 4.69) is 16.1 Å². The Morgan fingerprint density at radius 1 is 1.18 bits per heavy atom. The van der Waals surface area contributed by atoms with Crippen LogP contribution in [0.15, 0.2) is 0 Å². The highest BCUT2D eigenvalue weighted by Crippen LogP contribution is 2.43. The van der Waals surface area contributed by atoms with Crippen LogP contribution in [0.1, 0.15) is 60.3 Å². The van der Waals surface area contributed by atoms with Crippen molar-refractivity contribution in [2.45, 2.75) is 90.0 Å². The van der Waals surface area contributed by atoms with Crippen LogP contribution in [-0.4, -0.2) is 82.2 Å². The molecule has 220 valence electrons. The van der Waals surface area contributed by atoms with Gasteiger partial charge in [-0.3, -0.25) is 29.4 Å². The van der Waals surface area contributed by atoms with Crippen molar-refractivity contribution in [2.24, 2.45) is 23.2 Å². The van der Waals surface area contributed by atoms with E-state index in [1.165, 1.54) is 4.90 Å². The molecule has 10 nitrogen and oxygen atoms in total. The Hall–Kier alpha value is -2.57. The van der Waals surface area contributed by atoms with Crippen LogP contribution in [0.5, 0.6) is 0 Å². The highest BCUT2D eigenvalue weighted by atomic mass is 35.5. The zero-order valence-corrected chi connectivity index (χ0v) is 23.5. The van der Waals surface area contributed by atoms with E-state index >= 15 is 0 Å². The lowest BCUT2D eigenvalue weighted by atomic mass is 9.85. The van der Waals surface area contributed by atoms with Crippen molar-refractivity contribution in [1.82, 2.24) is 26.0 Å². The minimum atomic E-state index is -3.33. The molecule has 0 aromatic rings. The molecule has 0 aromatic carbocycles. The van der Waals surface area contributed by atoms with Gasteiger partial charge in [-0.25, -0.2) is 9.40 Å². The number of hydrazine groups is 1. The van der Waals surface area contributed by atoms with Gasteiger partial charge in [-0.1, -0.05) is 38.8 Å². The van der Waals surface area contributed by atoms with Crippen molar-refractivity contribution in [1.29, 1.82) is 0 Å². The highest BCUT2D eigenvalue weighted by molar-refractivity contribution is 6.29. The number of carbonyl (C=O) groups is 5. The molecule has 5 amide bonds. The highest BCUT2D eigenvalue weighted by Gasteiger charge is 2.52. The van der Waals surface area contributed by atoms with Crippen LogP contribution >= 0.6 is 11.6 Å². The lowest BCUT2D eigenvalue weighted by Gasteiger charge is -2.37. The predicted molar refractivity (Wildman–Crippen MR) is 135 cm³/mol. The summed E-state index contributed by atoms with van der Waals surface area (Å²) < 4.78 is 40.0. The Labute approximate surface area is 230 Å². The fourth-order valence-electron chi connectivity index (χ4n) is 5.96. The second-order valence-corrected chi connectivity index (χ2v) is 12.8. The molecule has 3 rings (SSSR count). The van der Waals surface area contributed by atoms with E-state index in [4.69, 9.17) is 11.6 Å². The van der Waals surface area contributed by atoms with Gasteiger partial charge in [-0.15, -0.1) is 0 Å². The molecule has 1 saturated carbocycles. The number of rotatable bonds is 7. The summed E-state index contributed by atoms with van der Waals surface area (Å²) in [5.41, 5.74) is -1.63. The zero-order chi connectivity index (χ0) is 29.4.